The first-order valence-corrected chi connectivity index (χ1v) is 6.95. The second-order valence-electron chi connectivity index (χ2n) is 4.84. The molecule has 5 heteroatoms. The van der Waals surface area contributed by atoms with E-state index in [0.29, 0.717) is 16.4 Å². The van der Waals surface area contributed by atoms with Crippen molar-refractivity contribution in [2.75, 3.05) is 10.6 Å². The van der Waals surface area contributed by atoms with Crippen molar-refractivity contribution in [3.8, 4) is 0 Å². The van der Waals surface area contributed by atoms with Crippen LogP contribution in [0.15, 0.2) is 42.5 Å². The first-order chi connectivity index (χ1) is 9.95. The highest BCUT2D eigenvalue weighted by Crippen LogP contribution is 2.21. The molecule has 2 aromatic rings. The molecule has 21 heavy (non-hydrogen) atoms. The molecule has 0 aromatic heterocycles. The van der Waals surface area contributed by atoms with Crippen LogP contribution in [0.5, 0.6) is 0 Å². The highest BCUT2D eigenvalue weighted by atomic mass is 35.5. The predicted molar refractivity (Wildman–Crippen MR) is 85.9 cm³/mol. The lowest BCUT2D eigenvalue weighted by Crippen LogP contribution is -2.19. The maximum Gasteiger partial charge on any atom is 0.323 e. The largest absolute Gasteiger partial charge is 0.389 e. The molecule has 1 atom stereocenters. The van der Waals surface area contributed by atoms with Gasteiger partial charge in [-0.2, -0.15) is 0 Å². The lowest BCUT2D eigenvalue weighted by atomic mass is 10.1. The average molecular weight is 305 g/mol. The quantitative estimate of drug-likeness (QED) is 0.789. The van der Waals surface area contributed by atoms with Crippen molar-refractivity contribution in [1.29, 1.82) is 0 Å². The molecule has 0 saturated heterocycles. The number of carbonyl (C=O) groups is 1. The van der Waals surface area contributed by atoms with Gasteiger partial charge in [-0.1, -0.05) is 29.8 Å². The fourth-order valence-corrected chi connectivity index (χ4v) is 2.02. The SMILES string of the molecule is Cc1ccc(NC(=O)Nc2cccc(C(C)O)c2)cc1Cl. The molecule has 3 N–H and O–H groups in total. The summed E-state index contributed by atoms with van der Waals surface area (Å²) in [6.45, 7) is 3.57. The molecule has 0 radical (unpaired) electrons. The van der Waals surface area contributed by atoms with Crippen molar-refractivity contribution in [1.82, 2.24) is 0 Å². The van der Waals surface area contributed by atoms with Crippen molar-refractivity contribution in [2.24, 2.45) is 0 Å². The van der Waals surface area contributed by atoms with Gasteiger partial charge in [0.1, 0.15) is 0 Å². The van der Waals surface area contributed by atoms with Crippen molar-refractivity contribution in [2.45, 2.75) is 20.0 Å². The zero-order valence-corrected chi connectivity index (χ0v) is 12.6. The molecule has 0 heterocycles. The molecule has 0 aliphatic rings. The molecule has 4 nitrogen and oxygen atoms in total. The Bertz CT molecular complexity index is 656. The molecule has 2 amide bonds. The summed E-state index contributed by atoms with van der Waals surface area (Å²) in [4.78, 5) is 11.9. The van der Waals surface area contributed by atoms with Gasteiger partial charge in [0, 0.05) is 16.4 Å². The van der Waals surface area contributed by atoms with Crippen molar-refractivity contribution in [3.05, 3.63) is 58.6 Å². The lowest BCUT2D eigenvalue weighted by molar-refractivity contribution is 0.199. The third-order valence-electron chi connectivity index (χ3n) is 3.06. The summed E-state index contributed by atoms with van der Waals surface area (Å²) in [5.41, 5.74) is 2.93. The standard InChI is InChI=1S/C16H17ClN2O2/c1-10-6-7-14(9-15(10)17)19-16(21)18-13-5-3-4-12(8-13)11(2)20/h3-9,11,20H,1-2H3,(H2,18,19,21). The van der Waals surface area contributed by atoms with Crippen molar-refractivity contribution >= 4 is 29.0 Å². The van der Waals surface area contributed by atoms with Crippen LogP contribution in [0.25, 0.3) is 0 Å². The van der Waals surface area contributed by atoms with Gasteiger partial charge in [-0.15, -0.1) is 0 Å². The Kier molecular flexibility index (Phi) is 4.83. The van der Waals surface area contributed by atoms with Crippen molar-refractivity contribution in [3.63, 3.8) is 0 Å². The highest BCUT2D eigenvalue weighted by Gasteiger charge is 2.06. The number of amides is 2. The van der Waals surface area contributed by atoms with Crippen LogP contribution in [0.2, 0.25) is 5.02 Å². The topological polar surface area (TPSA) is 61.4 Å². The van der Waals surface area contributed by atoms with E-state index in [2.05, 4.69) is 10.6 Å². The zero-order valence-electron chi connectivity index (χ0n) is 11.9. The van der Waals surface area contributed by atoms with Gasteiger partial charge in [-0.25, -0.2) is 4.79 Å². The van der Waals surface area contributed by atoms with Crippen LogP contribution in [-0.2, 0) is 0 Å². The van der Waals surface area contributed by atoms with Gasteiger partial charge in [0.25, 0.3) is 0 Å². The summed E-state index contributed by atoms with van der Waals surface area (Å²) in [7, 11) is 0. The van der Waals surface area contributed by atoms with E-state index < -0.39 is 6.10 Å². The molecular weight excluding hydrogens is 288 g/mol. The molecule has 0 aliphatic carbocycles. The van der Waals surface area contributed by atoms with Gasteiger partial charge < -0.3 is 15.7 Å². The Morgan fingerprint density at radius 2 is 1.81 bits per heavy atom. The van der Waals surface area contributed by atoms with E-state index in [1.165, 1.54) is 0 Å². The number of hydrogen-bond acceptors (Lipinski definition) is 2. The third-order valence-corrected chi connectivity index (χ3v) is 3.46. The number of aryl methyl sites for hydroxylation is 1. The first-order valence-electron chi connectivity index (χ1n) is 6.58. The number of halogens is 1. The van der Waals surface area contributed by atoms with E-state index in [-0.39, 0.29) is 6.03 Å². The van der Waals surface area contributed by atoms with Gasteiger partial charge in [-0.05, 0) is 49.2 Å². The van der Waals surface area contributed by atoms with Gasteiger partial charge in [0.2, 0.25) is 0 Å². The molecule has 2 rings (SSSR count). The Hall–Kier alpha value is -2.04. The molecule has 0 spiro atoms. The third kappa shape index (κ3) is 4.21. The number of aliphatic hydroxyl groups excluding tert-OH is 1. The lowest BCUT2D eigenvalue weighted by Gasteiger charge is -2.11. The second kappa shape index (κ2) is 6.61. The molecule has 0 bridgehead atoms. The Morgan fingerprint density at radius 3 is 2.43 bits per heavy atom. The number of nitrogens with one attached hydrogen (secondary N) is 2. The summed E-state index contributed by atoms with van der Waals surface area (Å²) in [5, 5.41) is 15.6. The molecule has 0 aliphatic heterocycles. The smallest absolute Gasteiger partial charge is 0.323 e. The molecule has 1 unspecified atom stereocenters. The van der Waals surface area contributed by atoms with Gasteiger partial charge in [-0.3, -0.25) is 0 Å². The fraction of sp³-hybridized carbons (Fsp3) is 0.188. The van der Waals surface area contributed by atoms with Gasteiger partial charge in [0.05, 0.1) is 6.10 Å². The molecular formula is C16H17ClN2O2. The second-order valence-corrected chi connectivity index (χ2v) is 5.25. The number of anilines is 2. The highest BCUT2D eigenvalue weighted by molar-refractivity contribution is 6.31. The Balaban J connectivity index is 2.04. The van der Waals surface area contributed by atoms with Crippen LogP contribution in [0.1, 0.15) is 24.2 Å². The predicted octanol–water partition coefficient (Wildman–Crippen LogP) is 4.35. The van der Waals surface area contributed by atoms with E-state index >= 15 is 0 Å². The summed E-state index contributed by atoms with van der Waals surface area (Å²) in [5.74, 6) is 0. The van der Waals surface area contributed by atoms with E-state index in [4.69, 9.17) is 11.6 Å². The Labute approximate surface area is 128 Å². The maximum absolute atomic E-state index is 11.9. The van der Waals surface area contributed by atoms with Crippen molar-refractivity contribution < 1.29 is 9.90 Å². The number of rotatable bonds is 3. The number of carbonyl (C=O) groups excluding carboxylic acids is 1. The minimum absolute atomic E-state index is 0.363. The zero-order chi connectivity index (χ0) is 15.4. The number of benzene rings is 2. The van der Waals surface area contributed by atoms with Crippen LogP contribution in [0.3, 0.4) is 0 Å². The van der Waals surface area contributed by atoms with Crippen LogP contribution in [-0.4, -0.2) is 11.1 Å². The normalized spacial score (nSPS) is 11.8. The average Bonchev–Trinajstić information content (AvgIpc) is 2.43. The van der Waals surface area contributed by atoms with E-state index in [1.807, 2.05) is 13.0 Å². The van der Waals surface area contributed by atoms with E-state index in [9.17, 15) is 9.90 Å². The fourth-order valence-electron chi connectivity index (χ4n) is 1.84. The summed E-state index contributed by atoms with van der Waals surface area (Å²) in [6.07, 6.45) is -0.578. The number of hydrogen-bond donors (Lipinski definition) is 3. The Morgan fingerprint density at radius 1 is 1.14 bits per heavy atom. The van der Waals surface area contributed by atoms with Crippen LogP contribution < -0.4 is 10.6 Å². The number of urea groups is 1. The molecule has 0 saturated carbocycles. The maximum atomic E-state index is 11.9. The summed E-state index contributed by atoms with van der Waals surface area (Å²) < 4.78 is 0. The summed E-state index contributed by atoms with van der Waals surface area (Å²) in [6, 6.07) is 12.0. The van der Waals surface area contributed by atoms with Crippen LogP contribution >= 0.6 is 11.6 Å². The monoisotopic (exact) mass is 304 g/mol. The minimum Gasteiger partial charge on any atom is -0.389 e. The minimum atomic E-state index is -0.578. The summed E-state index contributed by atoms with van der Waals surface area (Å²) >= 11 is 6.01. The molecule has 2 aromatic carbocycles. The van der Waals surface area contributed by atoms with E-state index in [1.54, 1.807) is 43.3 Å². The van der Waals surface area contributed by atoms with Crippen LogP contribution in [0.4, 0.5) is 16.2 Å². The molecule has 0 fully saturated rings. The van der Waals surface area contributed by atoms with Crippen LogP contribution in [0, 0.1) is 6.92 Å². The number of aliphatic hydroxyl groups is 1. The van der Waals surface area contributed by atoms with Gasteiger partial charge >= 0.3 is 6.03 Å². The molecule has 110 valence electrons. The first kappa shape index (κ1) is 15.4. The van der Waals surface area contributed by atoms with E-state index in [0.717, 1.165) is 11.1 Å². The van der Waals surface area contributed by atoms with Gasteiger partial charge in [0.15, 0.2) is 0 Å².